The molecule has 0 saturated carbocycles. The Morgan fingerprint density at radius 3 is 2.53 bits per heavy atom. The van der Waals surface area contributed by atoms with Crippen molar-refractivity contribution in [3.63, 3.8) is 0 Å². The molecular formula is C14H14O3. The average molecular weight is 230 g/mol. The second-order valence-electron chi connectivity index (χ2n) is 3.39. The zero-order valence-electron chi connectivity index (χ0n) is 9.63. The summed E-state index contributed by atoms with van der Waals surface area (Å²) in [5.41, 5.74) is 0.934. The molecule has 0 aliphatic rings. The number of allylic oxidation sites excluding steroid dienone is 1. The van der Waals surface area contributed by atoms with E-state index in [1.807, 2.05) is 30.3 Å². The van der Waals surface area contributed by atoms with Crippen molar-refractivity contribution in [3.8, 4) is 0 Å². The van der Waals surface area contributed by atoms with Crippen LogP contribution < -0.4 is 0 Å². The van der Waals surface area contributed by atoms with E-state index in [1.165, 1.54) is 25.2 Å². The summed E-state index contributed by atoms with van der Waals surface area (Å²) >= 11 is 0. The van der Waals surface area contributed by atoms with Gasteiger partial charge in [-0.1, -0.05) is 30.3 Å². The molecule has 17 heavy (non-hydrogen) atoms. The Bertz CT molecular complexity index is 430. The normalized spacial score (nSPS) is 10.9. The van der Waals surface area contributed by atoms with Gasteiger partial charge in [-0.05, 0) is 30.7 Å². The summed E-state index contributed by atoms with van der Waals surface area (Å²) in [5, 5.41) is 0. The number of hydrogen-bond acceptors (Lipinski definition) is 3. The van der Waals surface area contributed by atoms with Gasteiger partial charge in [-0.15, -0.1) is 0 Å². The van der Waals surface area contributed by atoms with Gasteiger partial charge in [0.05, 0.1) is 0 Å². The SMILES string of the molecule is CC(=O)/C=C/COC(=O)/C=C/c1ccccc1. The quantitative estimate of drug-likeness (QED) is 0.576. The van der Waals surface area contributed by atoms with Crippen LogP contribution in [0.4, 0.5) is 0 Å². The first kappa shape index (κ1) is 12.9. The summed E-state index contributed by atoms with van der Waals surface area (Å²) in [6, 6.07) is 9.46. The van der Waals surface area contributed by atoms with Crippen molar-refractivity contribution in [3.05, 3.63) is 54.1 Å². The first-order chi connectivity index (χ1) is 8.18. The van der Waals surface area contributed by atoms with Crippen molar-refractivity contribution in [2.75, 3.05) is 6.61 Å². The molecule has 88 valence electrons. The molecule has 0 N–H and O–H groups in total. The molecule has 1 aromatic rings. The summed E-state index contributed by atoms with van der Waals surface area (Å²) in [7, 11) is 0. The van der Waals surface area contributed by atoms with Gasteiger partial charge in [-0.3, -0.25) is 4.79 Å². The van der Waals surface area contributed by atoms with Crippen LogP contribution in [0.1, 0.15) is 12.5 Å². The van der Waals surface area contributed by atoms with Crippen molar-refractivity contribution in [2.45, 2.75) is 6.92 Å². The Hall–Kier alpha value is -2.16. The molecule has 0 bridgehead atoms. The predicted molar refractivity (Wildman–Crippen MR) is 66.3 cm³/mol. The van der Waals surface area contributed by atoms with E-state index in [9.17, 15) is 9.59 Å². The van der Waals surface area contributed by atoms with Crippen LogP contribution in [0.3, 0.4) is 0 Å². The molecule has 0 heterocycles. The van der Waals surface area contributed by atoms with Crippen molar-refractivity contribution < 1.29 is 14.3 Å². The minimum absolute atomic E-state index is 0.0686. The van der Waals surface area contributed by atoms with Crippen LogP contribution >= 0.6 is 0 Å². The minimum atomic E-state index is -0.429. The van der Waals surface area contributed by atoms with Crippen LogP contribution in [0, 0.1) is 0 Å². The average Bonchev–Trinajstić information content (AvgIpc) is 2.33. The lowest BCUT2D eigenvalue weighted by atomic mass is 10.2. The van der Waals surface area contributed by atoms with E-state index >= 15 is 0 Å². The maximum absolute atomic E-state index is 11.2. The second-order valence-corrected chi connectivity index (χ2v) is 3.39. The molecule has 0 amide bonds. The van der Waals surface area contributed by atoms with Gasteiger partial charge in [0.2, 0.25) is 0 Å². The molecule has 0 aromatic heterocycles. The van der Waals surface area contributed by atoms with E-state index in [4.69, 9.17) is 4.74 Å². The van der Waals surface area contributed by atoms with Crippen LogP contribution in [-0.2, 0) is 14.3 Å². The van der Waals surface area contributed by atoms with Crippen molar-refractivity contribution in [1.29, 1.82) is 0 Å². The van der Waals surface area contributed by atoms with E-state index in [-0.39, 0.29) is 12.4 Å². The number of carbonyl (C=O) groups is 2. The van der Waals surface area contributed by atoms with Gasteiger partial charge >= 0.3 is 5.97 Å². The summed E-state index contributed by atoms with van der Waals surface area (Å²) in [5.74, 6) is -0.497. The van der Waals surface area contributed by atoms with Gasteiger partial charge in [0.25, 0.3) is 0 Å². The molecule has 3 heteroatoms. The minimum Gasteiger partial charge on any atom is -0.458 e. The molecule has 3 nitrogen and oxygen atoms in total. The van der Waals surface area contributed by atoms with Crippen LogP contribution in [0.2, 0.25) is 0 Å². The molecule has 0 saturated heterocycles. The molecular weight excluding hydrogens is 216 g/mol. The van der Waals surface area contributed by atoms with Gasteiger partial charge < -0.3 is 4.74 Å². The fraction of sp³-hybridized carbons (Fsp3) is 0.143. The number of carbonyl (C=O) groups excluding carboxylic acids is 2. The van der Waals surface area contributed by atoms with Crippen molar-refractivity contribution >= 4 is 17.8 Å². The number of hydrogen-bond donors (Lipinski definition) is 0. The van der Waals surface area contributed by atoms with Crippen molar-refractivity contribution in [1.82, 2.24) is 0 Å². The smallest absolute Gasteiger partial charge is 0.331 e. The first-order valence-electron chi connectivity index (χ1n) is 5.25. The third-order valence-corrected chi connectivity index (χ3v) is 1.89. The Kier molecular flexibility index (Phi) is 5.44. The summed E-state index contributed by atoms with van der Waals surface area (Å²) in [6.45, 7) is 1.55. The van der Waals surface area contributed by atoms with Crippen molar-refractivity contribution in [2.24, 2.45) is 0 Å². The van der Waals surface area contributed by atoms with Crippen LogP contribution in [-0.4, -0.2) is 18.4 Å². The Morgan fingerprint density at radius 1 is 1.18 bits per heavy atom. The summed E-state index contributed by atoms with van der Waals surface area (Å²) < 4.78 is 4.85. The van der Waals surface area contributed by atoms with Gasteiger partial charge in [-0.25, -0.2) is 4.79 Å². The van der Waals surface area contributed by atoms with Gasteiger partial charge in [-0.2, -0.15) is 0 Å². The Labute approximate surface area is 100 Å². The van der Waals surface area contributed by atoms with Crippen LogP contribution in [0.5, 0.6) is 0 Å². The molecule has 0 unspecified atom stereocenters. The summed E-state index contributed by atoms with van der Waals surface area (Å²) in [6.07, 6.45) is 5.92. The number of benzene rings is 1. The van der Waals surface area contributed by atoms with E-state index in [0.717, 1.165) is 5.56 Å². The molecule has 0 spiro atoms. The van der Waals surface area contributed by atoms with Gasteiger partial charge in [0.1, 0.15) is 6.61 Å². The van der Waals surface area contributed by atoms with Gasteiger partial charge in [0, 0.05) is 6.08 Å². The molecule has 1 rings (SSSR count). The second kappa shape index (κ2) is 7.17. The highest BCUT2D eigenvalue weighted by Gasteiger charge is 1.94. The zero-order valence-corrected chi connectivity index (χ0v) is 9.63. The van der Waals surface area contributed by atoms with Crippen LogP contribution in [0.15, 0.2) is 48.6 Å². The number of ketones is 1. The maximum atomic E-state index is 11.2. The van der Waals surface area contributed by atoms with E-state index < -0.39 is 5.97 Å². The lowest BCUT2D eigenvalue weighted by Gasteiger charge is -1.96. The molecule has 0 atom stereocenters. The number of esters is 1. The maximum Gasteiger partial charge on any atom is 0.331 e. The predicted octanol–water partition coefficient (Wildman–Crippen LogP) is 2.39. The van der Waals surface area contributed by atoms with Crippen LogP contribution in [0.25, 0.3) is 6.08 Å². The lowest BCUT2D eigenvalue weighted by Crippen LogP contribution is -2.00. The number of rotatable bonds is 5. The molecule has 0 radical (unpaired) electrons. The monoisotopic (exact) mass is 230 g/mol. The van der Waals surface area contributed by atoms with E-state index in [2.05, 4.69) is 0 Å². The summed E-state index contributed by atoms with van der Waals surface area (Å²) in [4.78, 5) is 21.8. The molecule has 0 aliphatic carbocycles. The Balaban J connectivity index is 2.35. The highest BCUT2D eigenvalue weighted by molar-refractivity contribution is 5.88. The third-order valence-electron chi connectivity index (χ3n) is 1.89. The standard InChI is InChI=1S/C14H14O3/c1-12(15)6-5-11-17-14(16)10-9-13-7-3-2-4-8-13/h2-10H,11H2,1H3/b6-5+,10-9+. The number of ether oxygens (including phenoxy) is 1. The first-order valence-corrected chi connectivity index (χ1v) is 5.25. The fourth-order valence-electron chi connectivity index (χ4n) is 1.12. The fourth-order valence-corrected chi connectivity index (χ4v) is 1.12. The highest BCUT2D eigenvalue weighted by Crippen LogP contribution is 2.00. The Morgan fingerprint density at radius 2 is 1.88 bits per heavy atom. The lowest BCUT2D eigenvalue weighted by molar-refractivity contribution is -0.136. The van der Waals surface area contributed by atoms with E-state index in [0.29, 0.717) is 0 Å². The molecule has 0 aliphatic heterocycles. The highest BCUT2D eigenvalue weighted by atomic mass is 16.5. The van der Waals surface area contributed by atoms with E-state index in [1.54, 1.807) is 6.08 Å². The molecule has 1 aromatic carbocycles. The molecule has 0 fully saturated rings. The van der Waals surface area contributed by atoms with Gasteiger partial charge in [0.15, 0.2) is 5.78 Å². The third kappa shape index (κ3) is 6.10. The zero-order chi connectivity index (χ0) is 12.5. The largest absolute Gasteiger partial charge is 0.458 e. The topological polar surface area (TPSA) is 43.4 Å².